The quantitative estimate of drug-likeness (QED) is 0.456. The van der Waals surface area contributed by atoms with Crippen LogP contribution < -0.4 is 15.6 Å². The van der Waals surface area contributed by atoms with Crippen molar-refractivity contribution in [2.24, 2.45) is 5.16 Å². The molecule has 4 aromatic rings. The van der Waals surface area contributed by atoms with E-state index in [0.717, 1.165) is 22.5 Å². The molecular formula is C24H21N5O4. The summed E-state index contributed by atoms with van der Waals surface area (Å²) in [6.45, 7) is 0.601. The molecule has 0 saturated heterocycles. The van der Waals surface area contributed by atoms with E-state index < -0.39 is 0 Å². The summed E-state index contributed by atoms with van der Waals surface area (Å²) in [7, 11) is 0. The van der Waals surface area contributed by atoms with Crippen molar-refractivity contribution in [2.75, 3.05) is 13.2 Å². The number of hydrogen-bond acceptors (Lipinski definition) is 6. The van der Waals surface area contributed by atoms with E-state index in [0.29, 0.717) is 30.9 Å². The van der Waals surface area contributed by atoms with Gasteiger partial charge in [-0.05, 0) is 24.3 Å². The molecule has 166 valence electrons. The van der Waals surface area contributed by atoms with Crippen molar-refractivity contribution in [1.82, 2.24) is 19.7 Å². The number of H-pyrrole nitrogens is 1. The summed E-state index contributed by atoms with van der Waals surface area (Å²) in [5.41, 5.74) is 3.63. The Hall–Kier alpha value is -4.40. The monoisotopic (exact) mass is 443 g/mol. The van der Waals surface area contributed by atoms with E-state index in [2.05, 4.69) is 20.4 Å². The summed E-state index contributed by atoms with van der Waals surface area (Å²) >= 11 is 0. The van der Waals surface area contributed by atoms with Gasteiger partial charge in [-0.25, -0.2) is 4.98 Å². The molecule has 0 bridgehead atoms. The minimum Gasteiger partial charge on any atom is -0.489 e. The van der Waals surface area contributed by atoms with E-state index in [1.54, 1.807) is 47.4 Å². The maximum absolute atomic E-state index is 12.5. The summed E-state index contributed by atoms with van der Waals surface area (Å²) in [6.07, 6.45) is 7.18. The highest BCUT2D eigenvalue weighted by atomic mass is 16.7. The van der Waals surface area contributed by atoms with Crippen LogP contribution in [-0.2, 0) is 4.84 Å². The first-order valence-electron chi connectivity index (χ1n) is 10.5. The number of oxime groups is 1. The number of nitrogens with one attached hydrogen (secondary N) is 2. The Balaban J connectivity index is 1.14. The number of amides is 1. The van der Waals surface area contributed by atoms with Crippen molar-refractivity contribution >= 4 is 17.3 Å². The number of carbonyl (C=O) groups is 1. The van der Waals surface area contributed by atoms with Gasteiger partial charge >= 0.3 is 0 Å². The van der Waals surface area contributed by atoms with E-state index in [1.165, 1.54) is 6.07 Å². The first-order chi connectivity index (χ1) is 16.2. The standard InChI is InChI=1S/C24H21N5O4/c30-23-8-6-16(12-26-23)20-3-1-2-4-21(20)32-15-19-11-18(28-33-19)13-27-24(31)17-5-7-22-25-9-10-29(22)14-17/h1-10,12,14,19H,11,13,15H2,(H,26,30)(H,27,31). The highest BCUT2D eigenvalue weighted by Crippen LogP contribution is 2.29. The average molecular weight is 443 g/mol. The van der Waals surface area contributed by atoms with Gasteiger partial charge in [0.1, 0.15) is 18.0 Å². The molecule has 0 fully saturated rings. The molecule has 5 rings (SSSR count). The van der Waals surface area contributed by atoms with Crippen LogP contribution in [0.3, 0.4) is 0 Å². The van der Waals surface area contributed by atoms with Crippen molar-refractivity contribution in [3.05, 3.63) is 89.2 Å². The highest BCUT2D eigenvalue weighted by molar-refractivity contribution is 5.98. The van der Waals surface area contributed by atoms with Crippen molar-refractivity contribution in [2.45, 2.75) is 12.5 Å². The summed E-state index contributed by atoms with van der Waals surface area (Å²) in [5, 5.41) is 6.97. The molecule has 0 saturated carbocycles. The van der Waals surface area contributed by atoms with Gasteiger partial charge in [0, 0.05) is 48.4 Å². The van der Waals surface area contributed by atoms with Crippen LogP contribution in [0, 0.1) is 0 Å². The largest absolute Gasteiger partial charge is 0.489 e. The second-order valence-corrected chi connectivity index (χ2v) is 7.63. The van der Waals surface area contributed by atoms with Gasteiger partial charge in [0.15, 0.2) is 6.10 Å². The lowest BCUT2D eigenvalue weighted by Gasteiger charge is -2.14. The number of para-hydroxylation sites is 1. The van der Waals surface area contributed by atoms with Gasteiger partial charge in [-0.3, -0.25) is 9.59 Å². The van der Waals surface area contributed by atoms with Gasteiger partial charge in [0.2, 0.25) is 5.56 Å². The molecule has 1 aliphatic heterocycles. The molecule has 1 aliphatic rings. The van der Waals surface area contributed by atoms with Crippen LogP contribution in [0.15, 0.2) is 83.3 Å². The molecule has 3 aromatic heterocycles. The summed E-state index contributed by atoms with van der Waals surface area (Å²) in [4.78, 5) is 36.1. The van der Waals surface area contributed by atoms with Crippen molar-refractivity contribution < 1.29 is 14.4 Å². The number of aromatic amines is 1. The molecule has 4 heterocycles. The Bertz CT molecular complexity index is 1370. The van der Waals surface area contributed by atoms with Crippen LogP contribution in [0.5, 0.6) is 5.75 Å². The Morgan fingerprint density at radius 3 is 3.00 bits per heavy atom. The molecule has 1 amide bonds. The lowest BCUT2D eigenvalue weighted by Crippen LogP contribution is -2.30. The van der Waals surface area contributed by atoms with Crippen molar-refractivity contribution in [1.29, 1.82) is 0 Å². The number of pyridine rings is 2. The highest BCUT2D eigenvalue weighted by Gasteiger charge is 2.23. The first kappa shape index (κ1) is 20.5. The zero-order valence-corrected chi connectivity index (χ0v) is 17.6. The molecule has 1 unspecified atom stereocenters. The number of rotatable bonds is 7. The third-order valence-electron chi connectivity index (χ3n) is 5.31. The van der Waals surface area contributed by atoms with E-state index in [4.69, 9.17) is 9.57 Å². The topological polar surface area (TPSA) is 110 Å². The van der Waals surface area contributed by atoms with Crippen molar-refractivity contribution in [3.8, 4) is 16.9 Å². The maximum Gasteiger partial charge on any atom is 0.253 e. The predicted molar refractivity (Wildman–Crippen MR) is 122 cm³/mol. The molecule has 0 aliphatic carbocycles. The van der Waals surface area contributed by atoms with Gasteiger partial charge in [-0.2, -0.15) is 0 Å². The molecule has 33 heavy (non-hydrogen) atoms. The Labute approximate surface area is 188 Å². The Morgan fingerprint density at radius 2 is 2.12 bits per heavy atom. The van der Waals surface area contributed by atoms with Crippen LogP contribution in [0.2, 0.25) is 0 Å². The molecule has 1 aromatic carbocycles. The second kappa shape index (κ2) is 8.99. The number of imidazole rings is 1. The van der Waals surface area contributed by atoms with Gasteiger partial charge in [0.25, 0.3) is 5.91 Å². The smallest absolute Gasteiger partial charge is 0.253 e. The minimum atomic E-state index is -0.247. The number of benzene rings is 1. The number of carbonyl (C=O) groups excluding carboxylic acids is 1. The lowest BCUT2D eigenvalue weighted by molar-refractivity contribution is 0.0472. The van der Waals surface area contributed by atoms with Gasteiger partial charge in [0.05, 0.1) is 17.8 Å². The first-order valence-corrected chi connectivity index (χ1v) is 10.5. The number of ether oxygens (including phenoxy) is 1. The lowest BCUT2D eigenvalue weighted by atomic mass is 10.1. The van der Waals surface area contributed by atoms with Gasteiger partial charge in [-0.15, -0.1) is 0 Å². The number of aromatic nitrogens is 3. The molecule has 9 heteroatoms. The van der Waals surface area contributed by atoms with Crippen LogP contribution in [-0.4, -0.2) is 45.2 Å². The van der Waals surface area contributed by atoms with Crippen LogP contribution >= 0.6 is 0 Å². The second-order valence-electron chi connectivity index (χ2n) is 7.63. The summed E-state index contributed by atoms with van der Waals surface area (Å²) < 4.78 is 7.79. The minimum absolute atomic E-state index is 0.157. The zero-order valence-electron chi connectivity index (χ0n) is 17.6. The molecule has 0 spiro atoms. The fraction of sp³-hybridized carbons (Fsp3) is 0.167. The maximum atomic E-state index is 12.5. The third-order valence-corrected chi connectivity index (χ3v) is 5.31. The molecule has 1 atom stereocenters. The van der Waals surface area contributed by atoms with Crippen molar-refractivity contribution in [3.63, 3.8) is 0 Å². The molecule has 0 radical (unpaired) electrons. The van der Waals surface area contributed by atoms with Crippen LogP contribution in [0.4, 0.5) is 0 Å². The van der Waals surface area contributed by atoms with Gasteiger partial charge < -0.3 is 24.3 Å². The summed E-state index contributed by atoms with van der Waals surface area (Å²) in [6, 6.07) is 14.4. The van der Waals surface area contributed by atoms with E-state index in [-0.39, 0.29) is 17.6 Å². The molecule has 9 nitrogen and oxygen atoms in total. The van der Waals surface area contributed by atoms with Crippen LogP contribution in [0.25, 0.3) is 16.8 Å². The van der Waals surface area contributed by atoms with E-state index in [9.17, 15) is 9.59 Å². The average Bonchev–Trinajstić information content (AvgIpc) is 3.51. The number of hydrogen-bond donors (Lipinski definition) is 2. The van der Waals surface area contributed by atoms with Gasteiger partial charge in [-0.1, -0.05) is 23.4 Å². The molecular weight excluding hydrogens is 422 g/mol. The predicted octanol–water partition coefficient (Wildman–Crippen LogP) is 2.64. The normalized spacial score (nSPS) is 15.2. The zero-order chi connectivity index (χ0) is 22.6. The van der Waals surface area contributed by atoms with E-state index in [1.807, 2.05) is 24.3 Å². The number of nitrogens with zero attached hydrogens (tertiary/aromatic N) is 3. The SMILES string of the molecule is O=C(NCC1=NOC(COc2ccccc2-c2ccc(=O)[nH]c2)C1)c1ccc2nccn2c1. The van der Waals surface area contributed by atoms with Crippen LogP contribution in [0.1, 0.15) is 16.8 Å². The fourth-order valence-electron chi connectivity index (χ4n) is 3.61. The Kier molecular flexibility index (Phi) is 5.59. The fourth-order valence-corrected chi connectivity index (χ4v) is 3.61. The summed E-state index contributed by atoms with van der Waals surface area (Å²) in [5.74, 6) is 0.493. The molecule has 2 N–H and O–H groups in total. The van der Waals surface area contributed by atoms with E-state index >= 15 is 0 Å². The Morgan fingerprint density at radius 1 is 1.21 bits per heavy atom. The number of fused-ring (bicyclic) bond motifs is 1. The third kappa shape index (κ3) is 4.62.